The molecular weight excluding hydrogens is 606 g/mol. The predicted octanol–water partition coefficient (Wildman–Crippen LogP) is 12.0. The van der Waals surface area contributed by atoms with Crippen LogP contribution in [-0.4, -0.2) is 46.1 Å². The SMILES string of the molecule is CCCCCC/C=C/CC/C=C/C(O)C(CO)NC(=O)C(O)CCCCCCCCCCC/C=C\CCCCCCCCCCCCCC. The molecule has 0 heterocycles. The normalized spacial score (nSPS) is 14.0. The Balaban J connectivity index is 3.61. The van der Waals surface area contributed by atoms with Gasteiger partial charge in [0.05, 0.1) is 18.8 Å². The van der Waals surface area contributed by atoms with Crippen molar-refractivity contribution in [1.29, 1.82) is 0 Å². The average molecular weight is 690 g/mol. The lowest BCUT2D eigenvalue weighted by Crippen LogP contribution is -2.48. The molecule has 5 heteroatoms. The van der Waals surface area contributed by atoms with Crippen LogP contribution in [0.25, 0.3) is 0 Å². The Labute approximate surface area is 304 Å². The molecule has 0 radical (unpaired) electrons. The smallest absolute Gasteiger partial charge is 0.249 e. The van der Waals surface area contributed by atoms with Gasteiger partial charge in [0.1, 0.15) is 6.10 Å². The third kappa shape index (κ3) is 34.8. The van der Waals surface area contributed by atoms with Crippen LogP contribution < -0.4 is 5.32 Å². The number of unbranched alkanes of at least 4 members (excludes halogenated alkanes) is 26. The van der Waals surface area contributed by atoms with Crippen LogP contribution in [0.5, 0.6) is 0 Å². The van der Waals surface area contributed by atoms with Crippen molar-refractivity contribution in [1.82, 2.24) is 5.32 Å². The van der Waals surface area contributed by atoms with Crippen molar-refractivity contribution in [3.8, 4) is 0 Å². The molecule has 5 nitrogen and oxygen atoms in total. The molecule has 0 bridgehead atoms. The molecule has 4 N–H and O–H groups in total. The van der Waals surface area contributed by atoms with E-state index in [0.29, 0.717) is 6.42 Å². The highest BCUT2D eigenvalue weighted by Crippen LogP contribution is 2.15. The maximum atomic E-state index is 12.4. The Morgan fingerprint density at radius 3 is 1.27 bits per heavy atom. The molecule has 0 rings (SSSR count). The first-order chi connectivity index (χ1) is 24.1. The van der Waals surface area contributed by atoms with E-state index in [2.05, 4.69) is 43.5 Å². The number of hydrogen-bond donors (Lipinski definition) is 4. The molecule has 3 atom stereocenters. The zero-order chi connectivity index (χ0) is 35.9. The summed E-state index contributed by atoms with van der Waals surface area (Å²) in [6.07, 6.45) is 49.0. The zero-order valence-electron chi connectivity index (χ0n) is 32.6. The topological polar surface area (TPSA) is 89.8 Å². The Hall–Kier alpha value is -1.43. The van der Waals surface area contributed by atoms with Crippen LogP contribution in [0.3, 0.4) is 0 Å². The first-order valence-corrected chi connectivity index (χ1v) is 21.3. The van der Waals surface area contributed by atoms with Crippen molar-refractivity contribution in [2.75, 3.05) is 6.61 Å². The number of carbonyl (C=O) groups is 1. The molecule has 0 spiro atoms. The summed E-state index contributed by atoms with van der Waals surface area (Å²) in [7, 11) is 0. The van der Waals surface area contributed by atoms with Gasteiger partial charge in [-0.05, 0) is 57.8 Å². The summed E-state index contributed by atoms with van der Waals surface area (Å²) >= 11 is 0. The summed E-state index contributed by atoms with van der Waals surface area (Å²) in [5, 5.41) is 32.9. The summed E-state index contributed by atoms with van der Waals surface area (Å²) in [5.74, 6) is -0.517. The van der Waals surface area contributed by atoms with E-state index in [4.69, 9.17) is 0 Å². The van der Waals surface area contributed by atoms with Crippen LogP contribution in [0.4, 0.5) is 0 Å². The summed E-state index contributed by atoms with van der Waals surface area (Å²) in [6, 6.07) is -0.812. The van der Waals surface area contributed by atoms with E-state index in [-0.39, 0.29) is 6.61 Å². The summed E-state index contributed by atoms with van der Waals surface area (Å²) in [4.78, 5) is 12.4. The number of hydrogen-bond acceptors (Lipinski definition) is 4. The number of amides is 1. The van der Waals surface area contributed by atoms with E-state index in [1.165, 1.54) is 154 Å². The Bertz CT molecular complexity index is 764. The maximum absolute atomic E-state index is 12.4. The fraction of sp³-hybridized carbons (Fsp3) is 0.841. The number of nitrogens with one attached hydrogen (secondary N) is 1. The van der Waals surface area contributed by atoms with Crippen LogP contribution in [0.2, 0.25) is 0 Å². The van der Waals surface area contributed by atoms with Gasteiger partial charge in [0.2, 0.25) is 5.91 Å². The Morgan fingerprint density at radius 1 is 0.490 bits per heavy atom. The van der Waals surface area contributed by atoms with E-state index < -0.39 is 24.2 Å². The van der Waals surface area contributed by atoms with Gasteiger partial charge in [-0.2, -0.15) is 0 Å². The van der Waals surface area contributed by atoms with Gasteiger partial charge < -0.3 is 20.6 Å². The standard InChI is InChI=1S/C44H83NO4/c1-3-5-7-9-11-13-15-16-17-18-19-20-21-22-23-24-25-26-27-28-29-31-33-35-37-39-43(48)44(49)45-41(40-46)42(47)38-36-34-32-30-14-12-10-8-6-4-2/h14,22-23,30,36,38,41-43,46-48H,3-13,15-21,24-29,31-35,37,39-40H2,1-2H3,(H,45,49)/b23-22-,30-14+,38-36+. The lowest BCUT2D eigenvalue weighted by molar-refractivity contribution is -0.131. The summed E-state index contributed by atoms with van der Waals surface area (Å²) in [5.41, 5.74) is 0. The van der Waals surface area contributed by atoms with Gasteiger partial charge in [0.25, 0.3) is 0 Å². The van der Waals surface area contributed by atoms with Gasteiger partial charge in [0.15, 0.2) is 0 Å². The number of aliphatic hydroxyl groups is 3. The molecule has 3 unspecified atom stereocenters. The van der Waals surface area contributed by atoms with Crippen LogP contribution >= 0.6 is 0 Å². The van der Waals surface area contributed by atoms with E-state index in [9.17, 15) is 20.1 Å². The minimum absolute atomic E-state index is 0.377. The molecule has 0 aromatic heterocycles. The van der Waals surface area contributed by atoms with E-state index in [0.717, 1.165) is 38.5 Å². The zero-order valence-corrected chi connectivity index (χ0v) is 32.6. The quantitative estimate of drug-likeness (QED) is 0.0384. The molecular formula is C44H83NO4. The summed E-state index contributed by atoms with van der Waals surface area (Å²) in [6.45, 7) is 4.13. The number of carbonyl (C=O) groups excluding carboxylic acids is 1. The third-order valence-electron chi connectivity index (χ3n) is 9.70. The molecule has 0 aliphatic heterocycles. The number of allylic oxidation sites excluding steroid dienone is 5. The third-order valence-corrected chi connectivity index (χ3v) is 9.70. The lowest BCUT2D eigenvalue weighted by atomic mass is 10.0. The molecule has 0 aromatic rings. The molecule has 0 saturated carbocycles. The average Bonchev–Trinajstić information content (AvgIpc) is 3.11. The monoisotopic (exact) mass is 690 g/mol. The van der Waals surface area contributed by atoms with Gasteiger partial charge in [0, 0.05) is 0 Å². The van der Waals surface area contributed by atoms with Crippen molar-refractivity contribution in [3.05, 3.63) is 36.5 Å². The second kappa shape index (κ2) is 39.4. The molecule has 49 heavy (non-hydrogen) atoms. The lowest BCUT2D eigenvalue weighted by Gasteiger charge is -2.21. The van der Waals surface area contributed by atoms with Crippen molar-refractivity contribution >= 4 is 5.91 Å². The van der Waals surface area contributed by atoms with Gasteiger partial charge in [-0.1, -0.05) is 192 Å². The highest BCUT2D eigenvalue weighted by Gasteiger charge is 2.22. The van der Waals surface area contributed by atoms with Gasteiger partial charge >= 0.3 is 0 Å². The molecule has 1 amide bonds. The minimum atomic E-state index is -1.11. The molecule has 0 aromatic carbocycles. The van der Waals surface area contributed by atoms with Crippen LogP contribution in [0.15, 0.2) is 36.5 Å². The van der Waals surface area contributed by atoms with Crippen LogP contribution in [0.1, 0.15) is 213 Å². The molecule has 0 fully saturated rings. The predicted molar refractivity (Wildman–Crippen MR) is 213 cm³/mol. The van der Waals surface area contributed by atoms with Gasteiger partial charge in [-0.3, -0.25) is 4.79 Å². The molecule has 0 aliphatic rings. The number of rotatable bonds is 38. The minimum Gasteiger partial charge on any atom is -0.394 e. The highest BCUT2D eigenvalue weighted by molar-refractivity contribution is 5.80. The number of aliphatic hydroxyl groups excluding tert-OH is 3. The molecule has 0 saturated heterocycles. The summed E-state index contributed by atoms with van der Waals surface area (Å²) < 4.78 is 0. The molecule has 288 valence electrons. The maximum Gasteiger partial charge on any atom is 0.249 e. The Morgan fingerprint density at radius 2 is 0.837 bits per heavy atom. The van der Waals surface area contributed by atoms with Crippen LogP contribution in [-0.2, 0) is 4.79 Å². The van der Waals surface area contributed by atoms with Crippen LogP contribution in [0, 0.1) is 0 Å². The second-order valence-corrected chi connectivity index (χ2v) is 14.5. The van der Waals surface area contributed by atoms with Crippen molar-refractivity contribution in [2.24, 2.45) is 0 Å². The van der Waals surface area contributed by atoms with Gasteiger partial charge in [-0.15, -0.1) is 0 Å². The molecule has 0 aliphatic carbocycles. The fourth-order valence-corrected chi connectivity index (χ4v) is 6.31. The first kappa shape index (κ1) is 47.6. The van der Waals surface area contributed by atoms with E-state index in [1.807, 2.05) is 6.08 Å². The van der Waals surface area contributed by atoms with Crippen molar-refractivity contribution in [3.63, 3.8) is 0 Å². The second-order valence-electron chi connectivity index (χ2n) is 14.5. The van der Waals surface area contributed by atoms with Gasteiger partial charge in [-0.25, -0.2) is 0 Å². The van der Waals surface area contributed by atoms with E-state index in [1.54, 1.807) is 6.08 Å². The largest absolute Gasteiger partial charge is 0.394 e. The first-order valence-electron chi connectivity index (χ1n) is 21.3. The highest BCUT2D eigenvalue weighted by atomic mass is 16.3. The van der Waals surface area contributed by atoms with Crippen molar-refractivity contribution < 1.29 is 20.1 Å². The van der Waals surface area contributed by atoms with E-state index >= 15 is 0 Å². The Kier molecular flexibility index (Phi) is 38.2. The fourth-order valence-electron chi connectivity index (χ4n) is 6.31. The van der Waals surface area contributed by atoms with Crippen molar-refractivity contribution in [2.45, 2.75) is 231 Å².